The Hall–Kier alpha value is -1.65. The number of piperidine rings is 1. The van der Waals surface area contributed by atoms with Crippen molar-refractivity contribution >= 4 is 15.7 Å². The number of nitrogens with zero attached hydrogens (tertiary/aromatic N) is 1. The number of amides is 1. The molecule has 2 saturated heterocycles. The van der Waals surface area contributed by atoms with Crippen molar-refractivity contribution in [3.8, 4) is 0 Å². The third kappa shape index (κ3) is 6.92. The average molecular weight is 477 g/mol. The Kier molecular flexibility index (Phi) is 8.57. The van der Waals surface area contributed by atoms with Crippen LogP contribution in [-0.2, 0) is 25.8 Å². The maximum absolute atomic E-state index is 13.9. The maximum atomic E-state index is 13.9. The van der Waals surface area contributed by atoms with Crippen molar-refractivity contribution in [1.29, 1.82) is 0 Å². The lowest BCUT2D eigenvalue weighted by Gasteiger charge is -2.35. The number of likely N-dealkylation sites (tertiary alicyclic amines) is 1. The molecule has 1 aromatic rings. The van der Waals surface area contributed by atoms with Crippen LogP contribution in [0.3, 0.4) is 0 Å². The quantitative estimate of drug-likeness (QED) is 0.583. The summed E-state index contributed by atoms with van der Waals surface area (Å²) in [6, 6.07) is 0.900. The largest absolute Gasteiger partial charge is 0.377 e. The van der Waals surface area contributed by atoms with E-state index in [4.69, 9.17) is 10.5 Å². The molecule has 1 amide bonds. The van der Waals surface area contributed by atoms with Gasteiger partial charge >= 0.3 is 0 Å². The van der Waals surface area contributed by atoms with E-state index in [0.717, 1.165) is 25.3 Å². The zero-order valence-corrected chi connectivity index (χ0v) is 18.9. The minimum absolute atomic E-state index is 0.00116. The van der Waals surface area contributed by atoms with Gasteiger partial charge in [-0.05, 0) is 56.1 Å². The van der Waals surface area contributed by atoms with Crippen LogP contribution in [0.15, 0.2) is 12.1 Å². The predicted molar refractivity (Wildman–Crippen MR) is 114 cm³/mol. The van der Waals surface area contributed by atoms with Crippen molar-refractivity contribution in [2.45, 2.75) is 57.1 Å². The number of rotatable bonds is 8. The van der Waals surface area contributed by atoms with Gasteiger partial charge in [-0.3, -0.25) is 4.79 Å². The highest BCUT2D eigenvalue weighted by Gasteiger charge is 2.29. The summed E-state index contributed by atoms with van der Waals surface area (Å²) in [5, 5.41) is 0. The molecule has 1 unspecified atom stereocenters. The third-order valence-corrected chi connectivity index (χ3v) is 8.09. The van der Waals surface area contributed by atoms with Crippen LogP contribution in [0.25, 0.3) is 0 Å². The van der Waals surface area contributed by atoms with E-state index in [1.165, 1.54) is 0 Å². The molecule has 0 aromatic heterocycles. The second-order valence-electron chi connectivity index (χ2n) is 8.80. The fourth-order valence-electron chi connectivity index (χ4n) is 4.42. The number of ether oxygens (including phenoxy) is 1. The lowest BCUT2D eigenvalue weighted by molar-refractivity contribution is -0.132. The van der Waals surface area contributed by atoms with Gasteiger partial charge in [0.2, 0.25) is 5.91 Å². The van der Waals surface area contributed by atoms with E-state index in [2.05, 4.69) is 0 Å². The van der Waals surface area contributed by atoms with Crippen LogP contribution in [-0.4, -0.2) is 62.6 Å². The van der Waals surface area contributed by atoms with Gasteiger partial charge in [0, 0.05) is 38.2 Å². The fourth-order valence-corrected chi connectivity index (χ4v) is 5.91. The van der Waals surface area contributed by atoms with Gasteiger partial charge in [0.15, 0.2) is 21.5 Å². The van der Waals surface area contributed by atoms with E-state index < -0.39 is 33.3 Å². The molecular formula is C22H31F3N2O4S. The molecule has 10 heteroatoms. The van der Waals surface area contributed by atoms with Crippen molar-refractivity contribution in [3.05, 3.63) is 35.1 Å². The standard InChI is InChI=1S/C22H31F3N2O4S/c23-18-13-20(25)19(24)11-16(18)12-21(26)15-4-7-27(8-5-15)22(28)6-10-32(29,30)14-17-3-1-2-9-31-17/h11,13,15,17,21H,1-10,12,14,26H2/t17?,21-/m1/s1. The zero-order chi connectivity index (χ0) is 23.3. The lowest BCUT2D eigenvalue weighted by Crippen LogP contribution is -2.44. The van der Waals surface area contributed by atoms with Crippen molar-refractivity contribution in [3.63, 3.8) is 0 Å². The predicted octanol–water partition coefficient (Wildman–Crippen LogP) is 2.59. The highest BCUT2D eigenvalue weighted by Crippen LogP contribution is 2.24. The molecule has 2 atom stereocenters. The molecule has 3 rings (SSSR count). The minimum Gasteiger partial charge on any atom is -0.377 e. The van der Waals surface area contributed by atoms with Crippen LogP contribution in [0.5, 0.6) is 0 Å². The summed E-state index contributed by atoms with van der Waals surface area (Å²) < 4.78 is 70.5. The molecule has 6 nitrogen and oxygen atoms in total. The fraction of sp³-hybridized carbons (Fsp3) is 0.682. The molecule has 2 aliphatic heterocycles. The summed E-state index contributed by atoms with van der Waals surface area (Å²) in [5.41, 5.74) is 6.22. The first-order valence-electron chi connectivity index (χ1n) is 11.1. The van der Waals surface area contributed by atoms with Gasteiger partial charge in [-0.15, -0.1) is 0 Å². The molecular weight excluding hydrogens is 445 g/mol. The number of sulfone groups is 1. The summed E-state index contributed by atoms with van der Waals surface area (Å²) in [6.45, 7) is 1.45. The second kappa shape index (κ2) is 11.0. The van der Waals surface area contributed by atoms with Crippen molar-refractivity contribution in [1.82, 2.24) is 4.90 Å². The molecule has 0 radical (unpaired) electrons. The van der Waals surface area contributed by atoms with E-state index in [0.29, 0.717) is 38.6 Å². The Labute approximate surface area is 187 Å². The molecule has 0 bridgehead atoms. The van der Waals surface area contributed by atoms with Gasteiger partial charge in [-0.1, -0.05) is 0 Å². The number of carbonyl (C=O) groups excluding carboxylic acids is 1. The van der Waals surface area contributed by atoms with E-state index in [1.54, 1.807) is 4.90 Å². The summed E-state index contributed by atoms with van der Waals surface area (Å²) in [6.07, 6.45) is 3.54. The van der Waals surface area contributed by atoms with Gasteiger partial charge in [-0.25, -0.2) is 21.6 Å². The van der Waals surface area contributed by atoms with Crippen molar-refractivity contribution < 1.29 is 31.1 Å². The number of carbonyl (C=O) groups is 1. The van der Waals surface area contributed by atoms with Crippen LogP contribution in [0.2, 0.25) is 0 Å². The minimum atomic E-state index is -3.37. The summed E-state index contributed by atoms with van der Waals surface area (Å²) in [7, 11) is -3.37. The van der Waals surface area contributed by atoms with E-state index >= 15 is 0 Å². The third-order valence-electron chi connectivity index (χ3n) is 6.38. The Bertz CT molecular complexity index is 899. The molecule has 1 aromatic carbocycles. The highest BCUT2D eigenvalue weighted by atomic mass is 32.2. The van der Waals surface area contributed by atoms with Gasteiger partial charge in [0.25, 0.3) is 0 Å². The van der Waals surface area contributed by atoms with Gasteiger partial charge in [-0.2, -0.15) is 0 Å². The first-order chi connectivity index (χ1) is 15.1. The Balaban J connectivity index is 1.43. The highest BCUT2D eigenvalue weighted by molar-refractivity contribution is 7.91. The Morgan fingerprint density at radius 2 is 1.78 bits per heavy atom. The molecule has 2 N–H and O–H groups in total. The molecule has 32 heavy (non-hydrogen) atoms. The summed E-state index contributed by atoms with van der Waals surface area (Å²) in [5.74, 6) is -3.63. The average Bonchev–Trinajstić information content (AvgIpc) is 2.76. The number of halogens is 3. The molecule has 0 aliphatic carbocycles. The van der Waals surface area contributed by atoms with Crippen LogP contribution < -0.4 is 5.73 Å². The summed E-state index contributed by atoms with van der Waals surface area (Å²) >= 11 is 0. The van der Waals surface area contributed by atoms with E-state index in [9.17, 15) is 26.4 Å². The molecule has 0 spiro atoms. The van der Waals surface area contributed by atoms with E-state index in [1.807, 2.05) is 0 Å². The van der Waals surface area contributed by atoms with Crippen LogP contribution in [0.4, 0.5) is 13.2 Å². The zero-order valence-electron chi connectivity index (χ0n) is 18.1. The normalized spacial score (nSPS) is 21.5. The first-order valence-corrected chi connectivity index (χ1v) is 13.0. The molecule has 2 fully saturated rings. The second-order valence-corrected chi connectivity index (χ2v) is 11.0. The van der Waals surface area contributed by atoms with Gasteiger partial charge in [0.1, 0.15) is 5.82 Å². The maximum Gasteiger partial charge on any atom is 0.223 e. The number of nitrogens with two attached hydrogens (primary N) is 1. The molecule has 2 heterocycles. The van der Waals surface area contributed by atoms with Crippen molar-refractivity contribution in [2.75, 3.05) is 31.2 Å². The molecule has 2 aliphatic rings. The number of benzene rings is 1. The van der Waals surface area contributed by atoms with Gasteiger partial charge in [0.05, 0.1) is 17.6 Å². The molecule has 180 valence electrons. The Morgan fingerprint density at radius 3 is 2.44 bits per heavy atom. The van der Waals surface area contributed by atoms with Crippen LogP contribution in [0, 0.1) is 23.4 Å². The van der Waals surface area contributed by atoms with Gasteiger partial charge < -0.3 is 15.4 Å². The first kappa shape index (κ1) is 25.0. The topological polar surface area (TPSA) is 89.7 Å². The van der Waals surface area contributed by atoms with Crippen molar-refractivity contribution in [2.24, 2.45) is 11.7 Å². The number of hydrogen-bond acceptors (Lipinski definition) is 5. The monoisotopic (exact) mass is 476 g/mol. The van der Waals surface area contributed by atoms with Crippen LogP contribution in [0.1, 0.15) is 44.1 Å². The summed E-state index contributed by atoms with van der Waals surface area (Å²) in [4.78, 5) is 14.1. The number of hydrogen-bond donors (Lipinski definition) is 1. The SMILES string of the molecule is N[C@H](Cc1cc(F)c(F)cc1F)C1CCN(C(=O)CCS(=O)(=O)CC2CCCCO2)CC1. The van der Waals surface area contributed by atoms with Crippen LogP contribution >= 0.6 is 0 Å². The van der Waals surface area contributed by atoms with E-state index in [-0.39, 0.29) is 47.8 Å². The lowest BCUT2D eigenvalue weighted by atomic mass is 9.86. The Morgan fingerprint density at radius 1 is 1.09 bits per heavy atom. The smallest absolute Gasteiger partial charge is 0.223 e. The molecule has 0 saturated carbocycles.